The van der Waals surface area contributed by atoms with Crippen molar-refractivity contribution in [2.24, 2.45) is 0 Å². The maximum absolute atomic E-state index is 11.6. The SMILES string of the molecule is CC(C)(C)[Si](Oc1ccc2c(Cl)nn(C(=O)O)c2c1)(c1ccccc1)c1ccccc1. The molecule has 0 saturated heterocycles. The van der Waals surface area contributed by atoms with Crippen LogP contribution in [-0.4, -0.2) is 29.3 Å². The van der Waals surface area contributed by atoms with Gasteiger partial charge in [0.15, 0.2) is 5.15 Å². The molecule has 0 aliphatic heterocycles. The molecule has 4 rings (SSSR count). The molecule has 1 heterocycles. The van der Waals surface area contributed by atoms with Gasteiger partial charge in [-0.1, -0.05) is 93.0 Å². The molecule has 0 spiro atoms. The minimum Gasteiger partial charge on any atom is -0.534 e. The van der Waals surface area contributed by atoms with Crippen LogP contribution < -0.4 is 14.8 Å². The van der Waals surface area contributed by atoms with Gasteiger partial charge in [0.05, 0.1) is 5.52 Å². The summed E-state index contributed by atoms with van der Waals surface area (Å²) in [5, 5.41) is 16.2. The van der Waals surface area contributed by atoms with Gasteiger partial charge in [-0.25, -0.2) is 4.79 Å². The van der Waals surface area contributed by atoms with Gasteiger partial charge in [0.2, 0.25) is 0 Å². The van der Waals surface area contributed by atoms with Crippen molar-refractivity contribution in [2.45, 2.75) is 25.8 Å². The molecule has 1 N–H and O–H groups in total. The number of benzene rings is 3. The summed E-state index contributed by atoms with van der Waals surface area (Å²) in [5.41, 5.74) is 0.396. The highest BCUT2D eigenvalue weighted by molar-refractivity contribution is 7.00. The van der Waals surface area contributed by atoms with E-state index >= 15 is 0 Å². The number of hydrogen-bond acceptors (Lipinski definition) is 3. The zero-order valence-electron chi connectivity index (χ0n) is 17.5. The zero-order chi connectivity index (χ0) is 22.2. The van der Waals surface area contributed by atoms with Gasteiger partial charge in [0.1, 0.15) is 5.75 Å². The lowest BCUT2D eigenvalue weighted by Crippen LogP contribution is -2.68. The van der Waals surface area contributed by atoms with Crippen LogP contribution >= 0.6 is 11.6 Å². The van der Waals surface area contributed by atoms with Crippen LogP contribution in [0.4, 0.5) is 4.79 Å². The highest BCUT2D eigenvalue weighted by atomic mass is 35.5. The first kappa shape index (κ1) is 21.2. The average Bonchev–Trinajstić information content (AvgIpc) is 3.08. The number of halogens is 1. The van der Waals surface area contributed by atoms with E-state index in [9.17, 15) is 9.90 Å². The third kappa shape index (κ3) is 3.62. The van der Waals surface area contributed by atoms with Gasteiger partial charge in [-0.05, 0) is 27.5 Å². The fourth-order valence-electron chi connectivity index (χ4n) is 4.09. The molecular formula is C24H23ClN2O3Si. The summed E-state index contributed by atoms with van der Waals surface area (Å²) in [5.74, 6) is 0.584. The van der Waals surface area contributed by atoms with Crippen molar-refractivity contribution < 1.29 is 14.3 Å². The van der Waals surface area contributed by atoms with Crippen LogP contribution in [0.5, 0.6) is 5.75 Å². The van der Waals surface area contributed by atoms with E-state index in [2.05, 4.69) is 50.1 Å². The standard InChI is InChI=1S/C24H23ClN2O3Si/c1-24(2,3)31(18-10-6-4-7-11-18,19-12-8-5-9-13-19)30-17-14-15-20-21(16-17)27(23(28)29)26-22(20)25/h4-16H,1-3H3,(H,28,29). The van der Waals surface area contributed by atoms with E-state index in [1.54, 1.807) is 12.1 Å². The molecule has 0 aliphatic carbocycles. The maximum Gasteiger partial charge on any atom is 0.432 e. The summed E-state index contributed by atoms with van der Waals surface area (Å²) in [6.07, 6.45) is -1.19. The second kappa shape index (κ2) is 7.87. The molecule has 7 heteroatoms. The quantitative estimate of drug-likeness (QED) is 0.436. The largest absolute Gasteiger partial charge is 0.534 e. The Kier molecular flexibility index (Phi) is 5.37. The lowest BCUT2D eigenvalue weighted by Gasteiger charge is -2.43. The third-order valence-corrected chi connectivity index (χ3v) is 10.7. The predicted molar refractivity (Wildman–Crippen MR) is 126 cm³/mol. The van der Waals surface area contributed by atoms with Crippen LogP contribution in [0.25, 0.3) is 10.9 Å². The molecule has 0 bridgehead atoms. The molecule has 3 aromatic carbocycles. The number of rotatable bonds is 4. The van der Waals surface area contributed by atoms with Gasteiger partial charge in [0.25, 0.3) is 0 Å². The first-order chi connectivity index (χ1) is 14.7. The summed E-state index contributed by atoms with van der Waals surface area (Å²) in [7, 11) is -2.83. The Morgan fingerprint density at radius 3 is 2.00 bits per heavy atom. The van der Waals surface area contributed by atoms with Crippen LogP contribution in [0, 0.1) is 0 Å². The molecule has 158 valence electrons. The topological polar surface area (TPSA) is 64.4 Å². The molecule has 5 nitrogen and oxygen atoms in total. The second-order valence-electron chi connectivity index (χ2n) is 8.43. The zero-order valence-corrected chi connectivity index (χ0v) is 19.3. The van der Waals surface area contributed by atoms with Crippen molar-refractivity contribution in [1.82, 2.24) is 9.78 Å². The molecule has 0 aliphatic rings. The lowest BCUT2D eigenvalue weighted by atomic mass is 10.2. The van der Waals surface area contributed by atoms with Gasteiger partial charge in [-0.2, -0.15) is 4.68 Å². The van der Waals surface area contributed by atoms with E-state index in [0.717, 1.165) is 15.1 Å². The van der Waals surface area contributed by atoms with E-state index in [1.165, 1.54) is 0 Å². The molecule has 0 amide bonds. The Morgan fingerprint density at radius 1 is 0.968 bits per heavy atom. The Morgan fingerprint density at radius 2 is 1.52 bits per heavy atom. The molecule has 0 saturated carbocycles. The molecule has 1 aromatic heterocycles. The van der Waals surface area contributed by atoms with Gasteiger partial charge >= 0.3 is 14.4 Å². The third-order valence-electron chi connectivity index (χ3n) is 5.48. The summed E-state index contributed by atoms with van der Waals surface area (Å²) < 4.78 is 7.84. The number of carbonyl (C=O) groups is 1. The first-order valence-corrected chi connectivity index (χ1v) is 12.2. The van der Waals surface area contributed by atoms with E-state index in [1.807, 2.05) is 42.5 Å². The van der Waals surface area contributed by atoms with E-state index < -0.39 is 14.4 Å². The molecule has 4 aromatic rings. The first-order valence-electron chi connectivity index (χ1n) is 9.96. The Labute approximate surface area is 187 Å². The fourth-order valence-corrected chi connectivity index (χ4v) is 8.74. The van der Waals surface area contributed by atoms with Gasteiger partial charge < -0.3 is 9.53 Å². The number of carboxylic acid groups (broad SMARTS) is 1. The number of hydrogen-bond donors (Lipinski definition) is 1. The summed E-state index contributed by atoms with van der Waals surface area (Å²) >= 11 is 6.14. The summed E-state index contributed by atoms with van der Waals surface area (Å²) in [4.78, 5) is 11.6. The lowest BCUT2D eigenvalue weighted by molar-refractivity contribution is 0.194. The predicted octanol–water partition coefficient (Wildman–Crippen LogP) is 5.15. The fraction of sp³-hybridized carbons (Fsp3) is 0.167. The normalized spacial score (nSPS) is 12.1. The van der Waals surface area contributed by atoms with Gasteiger partial charge in [0, 0.05) is 11.5 Å². The number of fused-ring (bicyclic) bond motifs is 1. The number of aromatic nitrogens is 2. The Hall–Kier alpha value is -3.09. The van der Waals surface area contributed by atoms with Crippen molar-refractivity contribution in [2.75, 3.05) is 0 Å². The van der Waals surface area contributed by atoms with E-state index in [0.29, 0.717) is 16.7 Å². The van der Waals surface area contributed by atoms with E-state index in [4.69, 9.17) is 16.0 Å². The van der Waals surface area contributed by atoms with Crippen molar-refractivity contribution >= 4 is 47.3 Å². The highest BCUT2D eigenvalue weighted by Gasteiger charge is 2.52. The minimum atomic E-state index is -2.83. The van der Waals surface area contributed by atoms with Crippen LogP contribution in [0.15, 0.2) is 78.9 Å². The molecule has 0 atom stereocenters. The van der Waals surface area contributed by atoms with Crippen LogP contribution in [0.2, 0.25) is 10.2 Å². The minimum absolute atomic E-state index is 0.148. The summed E-state index contributed by atoms with van der Waals surface area (Å²) in [6, 6.07) is 25.8. The van der Waals surface area contributed by atoms with Crippen molar-refractivity contribution in [3.63, 3.8) is 0 Å². The highest BCUT2D eigenvalue weighted by Crippen LogP contribution is 2.38. The average molecular weight is 451 g/mol. The molecule has 0 fully saturated rings. The summed E-state index contributed by atoms with van der Waals surface area (Å²) in [6.45, 7) is 6.57. The molecular weight excluding hydrogens is 428 g/mol. The van der Waals surface area contributed by atoms with Crippen LogP contribution in [0.1, 0.15) is 20.8 Å². The molecule has 31 heavy (non-hydrogen) atoms. The smallest absolute Gasteiger partial charge is 0.432 e. The Balaban J connectivity index is 1.95. The van der Waals surface area contributed by atoms with Crippen molar-refractivity contribution in [1.29, 1.82) is 0 Å². The number of nitrogens with zero attached hydrogens (tertiary/aromatic N) is 2. The van der Waals surface area contributed by atoms with Crippen LogP contribution in [-0.2, 0) is 0 Å². The van der Waals surface area contributed by atoms with Crippen molar-refractivity contribution in [3.8, 4) is 5.75 Å². The second-order valence-corrected chi connectivity index (χ2v) is 13.0. The molecule has 0 radical (unpaired) electrons. The Bertz CT molecular complexity index is 1190. The molecule has 0 unspecified atom stereocenters. The van der Waals surface area contributed by atoms with Crippen molar-refractivity contribution in [3.05, 3.63) is 84.0 Å². The van der Waals surface area contributed by atoms with Gasteiger partial charge in [-0.15, -0.1) is 5.10 Å². The maximum atomic E-state index is 11.6. The van der Waals surface area contributed by atoms with Crippen LogP contribution in [0.3, 0.4) is 0 Å². The monoisotopic (exact) mass is 450 g/mol. The van der Waals surface area contributed by atoms with Gasteiger partial charge in [-0.3, -0.25) is 0 Å². The van der Waals surface area contributed by atoms with E-state index in [-0.39, 0.29) is 10.2 Å².